The highest BCUT2D eigenvalue weighted by molar-refractivity contribution is 6.76. The summed E-state index contributed by atoms with van der Waals surface area (Å²) in [6.45, 7) is 15.5. The largest absolute Gasteiger partial charge is 0.497 e. The maximum Gasteiger partial charge on any atom is 0.321 e. The third-order valence-electron chi connectivity index (χ3n) is 11.4. The second-order valence-electron chi connectivity index (χ2n) is 18.7. The van der Waals surface area contributed by atoms with Gasteiger partial charge in [0.2, 0.25) is 0 Å². The molecule has 0 saturated carbocycles. The first-order valence-electron chi connectivity index (χ1n) is 21.8. The number of ether oxygens (including phenoxy) is 6. The second-order valence-corrected chi connectivity index (χ2v) is 29.9. The number of methoxy groups -OCH3 is 2. The Bertz CT molecular complexity index is 1780. The van der Waals surface area contributed by atoms with E-state index < -0.39 is 40.4 Å². The average molecular weight is 887 g/mol. The van der Waals surface area contributed by atoms with Crippen molar-refractivity contribution in [2.75, 3.05) is 41.0 Å². The molecular weight excluding hydrogens is 817 g/mol. The molecule has 0 unspecified atom stereocenters. The number of carbonyl (C=O) groups is 1. The molecule has 338 valence electrons. The van der Waals surface area contributed by atoms with Crippen LogP contribution in [0.25, 0.3) is 0 Å². The van der Waals surface area contributed by atoms with Crippen LogP contribution in [-0.2, 0) is 58.1 Å². The Morgan fingerprint density at radius 2 is 0.823 bits per heavy atom. The number of aliphatic hydroxyl groups excluding tert-OH is 2. The highest BCUT2D eigenvalue weighted by atomic mass is 28.3. The van der Waals surface area contributed by atoms with Crippen LogP contribution >= 0.6 is 0 Å². The minimum absolute atomic E-state index is 0.0235. The predicted molar refractivity (Wildman–Crippen MR) is 250 cm³/mol. The van der Waals surface area contributed by atoms with Gasteiger partial charge >= 0.3 is 6.03 Å². The minimum Gasteiger partial charge on any atom is -0.497 e. The third kappa shape index (κ3) is 15.0. The van der Waals surface area contributed by atoms with Gasteiger partial charge in [0.1, 0.15) is 37.3 Å². The number of urea groups is 1. The van der Waals surface area contributed by atoms with E-state index in [1.807, 2.05) is 107 Å². The number of hydrogen-bond acceptors (Lipinski definition) is 9. The van der Waals surface area contributed by atoms with Gasteiger partial charge < -0.3 is 48.4 Å². The van der Waals surface area contributed by atoms with Gasteiger partial charge in [-0.3, -0.25) is 0 Å². The molecule has 13 heteroatoms. The zero-order valence-electron chi connectivity index (χ0n) is 38.2. The van der Waals surface area contributed by atoms with E-state index in [2.05, 4.69) is 39.3 Å². The Labute approximate surface area is 371 Å². The highest BCUT2D eigenvalue weighted by Gasteiger charge is 2.49. The van der Waals surface area contributed by atoms with Crippen molar-refractivity contribution in [3.05, 3.63) is 130 Å². The van der Waals surface area contributed by atoms with Gasteiger partial charge in [-0.1, -0.05) is 112 Å². The lowest BCUT2D eigenvalue weighted by molar-refractivity contribution is -0.188. The zero-order valence-corrected chi connectivity index (χ0v) is 40.2. The molecule has 1 aliphatic rings. The van der Waals surface area contributed by atoms with Gasteiger partial charge in [-0.15, -0.1) is 0 Å². The molecule has 0 aliphatic carbocycles. The fourth-order valence-electron chi connectivity index (χ4n) is 7.50. The van der Waals surface area contributed by atoms with Crippen molar-refractivity contribution < 1.29 is 43.4 Å². The fraction of sp³-hybridized carbons (Fsp3) is 0.490. The van der Waals surface area contributed by atoms with Gasteiger partial charge in [-0.05, 0) is 82.6 Å². The molecule has 4 aromatic carbocycles. The van der Waals surface area contributed by atoms with Gasteiger partial charge in [0.25, 0.3) is 0 Å². The van der Waals surface area contributed by atoms with Crippen LogP contribution in [-0.4, -0.2) is 108 Å². The summed E-state index contributed by atoms with van der Waals surface area (Å²) < 4.78 is 37.6. The van der Waals surface area contributed by atoms with E-state index in [-0.39, 0.29) is 45.9 Å². The summed E-state index contributed by atoms with van der Waals surface area (Å²) in [5.41, 5.74) is 5.40. The molecular formula is C49H70N2O9Si2. The van der Waals surface area contributed by atoms with Crippen LogP contribution in [0.2, 0.25) is 51.4 Å². The molecule has 62 heavy (non-hydrogen) atoms. The molecule has 4 atom stereocenters. The topological polar surface area (TPSA) is 119 Å². The van der Waals surface area contributed by atoms with Crippen LogP contribution in [0.1, 0.15) is 33.4 Å². The number of amides is 2. The quantitative estimate of drug-likeness (QED) is 0.0405. The summed E-state index contributed by atoms with van der Waals surface area (Å²) in [6.07, 6.45) is -0.436. The van der Waals surface area contributed by atoms with E-state index in [4.69, 9.17) is 28.4 Å². The van der Waals surface area contributed by atoms with Crippen LogP contribution in [0.15, 0.2) is 97.1 Å². The Kier molecular flexibility index (Phi) is 18.6. The lowest BCUT2D eigenvalue weighted by Gasteiger charge is -2.38. The van der Waals surface area contributed by atoms with E-state index in [1.165, 1.54) is 0 Å². The van der Waals surface area contributed by atoms with E-state index in [0.29, 0.717) is 26.1 Å². The van der Waals surface area contributed by atoms with Crippen LogP contribution < -0.4 is 9.47 Å². The Morgan fingerprint density at radius 3 is 1.13 bits per heavy atom. The molecule has 2 N–H and O–H groups in total. The number of rotatable bonds is 24. The highest BCUT2D eigenvalue weighted by Crippen LogP contribution is 2.34. The fourth-order valence-corrected chi connectivity index (χ4v) is 9.02. The van der Waals surface area contributed by atoms with Gasteiger partial charge in [0.15, 0.2) is 0 Å². The number of hydrogen-bond donors (Lipinski definition) is 2. The summed E-state index contributed by atoms with van der Waals surface area (Å²) in [5, 5.41) is 19.8. The summed E-state index contributed by atoms with van der Waals surface area (Å²) in [7, 11) is 0.518. The van der Waals surface area contributed by atoms with Crippen molar-refractivity contribution in [1.29, 1.82) is 0 Å². The molecule has 0 radical (unpaired) electrons. The molecule has 1 aliphatic heterocycles. The molecule has 1 saturated heterocycles. The Balaban J connectivity index is 1.68. The lowest BCUT2D eigenvalue weighted by Crippen LogP contribution is -2.53. The average Bonchev–Trinajstić information content (AvgIpc) is 3.33. The summed E-state index contributed by atoms with van der Waals surface area (Å²) in [5.74, 6) is 1.48. The molecule has 0 spiro atoms. The van der Waals surface area contributed by atoms with Crippen molar-refractivity contribution in [1.82, 2.24) is 9.80 Å². The van der Waals surface area contributed by atoms with Gasteiger partial charge in [-0.2, -0.15) is 0 Å². The molecule has 4 aromatic rings. The van der Waals surface area contributed by atoms with Gasteiger partial charge in [-0.25, -0.2) is 4.79 Å². The van der Waals surface area contributed by atoms with E-state index >= 15 is 4.79 Å². The van der Waals surface area contributed by atoms with E-state index in [9.17, 15) is 10.2 Å². The van der Waals surface area contributed by atoms with Crippen molar-refractivity contribution >= 4 is 22.2 Å². The number of benzene rings is 4. The summed E-state index contributed by atoms with van der Waals surface area (Å²) >= 11 is 0. The number of aliphatic hydroxyl groups is 2. The molecule has 2 amide bonds. The summed E-state index contributed by atoms with van der Waals surface area (Å²) in [6, 6.07) is 32.1. The molecule has 5 rings (SSSR count). The molecule has 1 fully saturated rings. The van der Waals surface area contributed by atoms with Gasteiger partial charge in [0, 0.05) is 42.5 Å². The summed E-state index contributed by atoms with van der Waals surface area (Å²) in [4.78, 5) is 19.7. The van der Waals surface area contributed by atoms with Crippen LogP contribution in [0.4, 0.5) is 4.79 Å². The Hall–Kier alpha value is -4.06. The van der Waals surface area contributed by atoms with Gasteiger partial charge in [0.05, 0.1) is 39.5 Å². The third-order valence-corrected chi connectivity index (χ3v) is 14.8. The standard InChI is InChI=1S/C49H70N2O9Si2/c1-55-43-21-17-37(18-22-43)29-45-47(59-35-57-25-27-61(3,4)5)48(60-36-58-26-28-62(6,7)8)46(30-38-19-23-44(56-2)24-20-38)51(32-40-11-15-42(34-53)16-12-40)49(54)50(45)31-39-9-13-41(33-52)14-10-39/h9-24,45-48,52-53H,25-36H2,1-8H3/t45-,46-,47+,48+/m1/s1. The first-order chi connectivity index (χ1) is 29.7. The Morgan fingerprint density at radius 1 is 0.500 bits per heavy atom. The van der Waals surface area contributed by atoms with E-state index in [0.717, 1.165) is 57.0 Å². The maximum absolute atomic E-state index is 15.8. The first kappa shape index (κ1) is 49.0. The first-order valence-corrected chi connectivity index (χ1v) is 29.2. The number of carbonyl (C=O) groups excluding carboxylic acids is 1. The monoisotopic (exact) mass is 886 g/mol. The molecule has 0 bridgehead atoms. The van der Waals surface area contributed by atoms with Crippen molar-refractivity contribution in [2.45, 2.75) is 115 Å². The zero-order chi connectivity index (χ0) is 44.7. The van der Waals surface area contributed by atoms with Crippen LogP contribution in [0.3, 0.4) is 0 Å². The van der Waals surface area contributed by atoms with Crippen molar-refractivity contribution in [3.63, 3.8) is 0 Å². The molecule has 0 aromatic heterocycles. The van der Waals surface area contributed by atoms with Crippen molar-refractivity contribution in [2.24, 2.45) is 0 Å². The predicted octanol–water partition coefficient (Wildman–Crippen LogP) is 8.74. The minimum atomic E-state index is -1.39. The van der Waals surface area contributed by atoms with E-state index in [1.54, 1.807) is 14.2 Å². The SMILES string of the molecule is COc1ccc(C[C@@H]2[C@H](OCOCC[Si](C)(C)C)[C@@H](OCOCC[Si](C)(C)C)[C@@H](Cc3ccc(OC)cc3)N(Cc3ccc(CO)cc3)C(=O)N2Cc2ccc(CO)cc2)cc1. The normalized spacial score (nSPS) is 18.5. The smallest absolute Gasteiger partial charge is 0.321 e. The molecule has 11 nitrogen and oxygen atoms in total. The van der Waals surface area contributed by atoms with Crippen molar-refractivity contribution in [3.8, 4) is 11.5 Å². The van der Waals surface area contributed by atoms with Crippen LogP contribution in [0, 0.1) is 0 Å². The molecule has 1 heterocycles. The second kappa shape index (κ2) is 23.6. The number of nitrogens with zero attached hydrogens (tertiary/aromatic N) is 2. The van der Waals surface area contributed by atoms with Crippen LogP contribution in [0.5, 0.6) is 11.5 Å². The maximum atomic E-state index is 15.8. The lowest BCUT2D eigenvalue weighted by atomic mass is 9.90.